The van der Waals surface area contributed by atoms with Gasteiger partial charge in [0.15, 0.2) is 11.6 Å². The lowest BCUT2D eigenvalue weighted by atomic mass is 10.0. The molecule has 4 nitrogen and oxygen atoms in total. The summed E-state index contributed by atoms with van der Waals surface area (Å²) in [6, 6.07) is 10.2. The first-order valence-electron chi connectivity index (χ1n) is 8.30. The summed E-state index contributed by atoms with van der Waals surface area (Å²) in [5.74, 6) is -1.73. The van der Waals surface area contributed by atoms with Crippen LogP contribution in [0.15, 0.2) is 48.5 Å². The second-order valence-electron chi connectivity index (χ2n) is 5.83. The Morgan fingerprint density at radius 3 is 1.74 bits per heavy atom. The molecule has 0 atom stereocenters. The van der Waals surface area contributed by atoms with Gasteiger partial charge < -0.3 is 4.74 Å². The van der Waals surface area contributed by atoms with Crippen molar-refractivity contribution in [2.75, 3.05) is 26.3 Å². The zero-order valence-corrected chi connectivity index (χ0v) is 15.9. The smallest absolute Gasteiger partial charge is 0.184 e. The van der Waals surface area contributed by atoms with E-state index in [1.54, 1.807) is 0 Å². The van der Waals surface area contributed by atoms with Gasteiger partial charge in [-0.05, 0) is 59.5 Å². The molecule has 2 aromatic rings. The van der Waals surface area contributed by atoms with Gasteiger partial charge in [-0.25, -0.2) is 13.1 Å². The van der Waals surface area contributed by atoms with Gasteiger partial charge in [0, 0.05) is 24.2 Å². The molecule has 0 radical (unpaired) electrons. The van der Waals surface area contributed by atoms with Crippen LogP contribution in [-0.4, -0.2) is 47.4 Å². The number of rotatable bonds is 7. The van der Waals surface area contributed by atoms with Gasteiger partial charge in [0.25, 0.3) is 0 Å². The van der Waals surface area contributed by atoms with Gasteiger partial charge in [-0.1, -0.05) is 10.8 Å². The number of ketones is 2. The second-order valence-corrected chi connectivity index (χ2v) is 8.19. The fourth-order valence-corrected chi connectivity index (χ4v) is 5.01. The maximum Gasteiger partial charge on any atom is 0.184 e. The van der Waals surface area contributed by atoms with Crippen LogP contribution in [0.1, 0.15) is 20.7 Å². The number of benzene rings is 2. The molecular formula is C19H17F2NO3S2. The fourth-order valence-electron chi connectivity index (χ4n) is 2.46. The summed E-state index contributed by atoms with van der Waals surface area (Å²) in [4.78, 5) is 25.8. The molecule has 8 heteroatoms. The Kier molecular flexibility index (Phi) is 7.01. The summed E-state index contributed by atoms with van der Waals surface area (Å²) in [5, 5.41) is -1.02. The Morgan fingerprint density at radius 2 is 1.30 bits per heavy atom. The molecule has 3 rings (SSSR count). The van der Waals surface area contributed by atoms with Crippen molar-refractivity contribution >= 4 is 33.3 Å². The van der Waals surface area contributed by atoms with Crippen molar-refractivity contribution in [2.24, 2.45) is 0 Å². The minimum Gasteiger partial charge on any atom is -0.379 e. The van der Waals surface area contributed by atoms with E-state index in [0.717, 1.165) is 10.8 Å². The predicted octanol–water partition coefficient (Wildman–Crippen LogP) is 4.03. The number of carbonyl (C=O) groups excluding carboxylic acids is 2. The molecule has 2 aromatic carbocycles. The standard InChI is InChI=1S/C19H17F2NO3S2/c20-15-5-1-13(2-6-15)17(23)19(26-27-22-9-11-25-12-10-22)18(24)14-3-7-16(21)8-4-14/h1-8,19H,9-12H2. The molecule has 1 aliphatic rings. The predicted molar refractivity (Wildman–Crippen MR) is 103 cm³/mol. The zero-order valence-electron chi connectivity index (χ0n) is 14.3. The minimum absolute atomic E-state index is 0.256. The van der Waals surface area contributed by atoms with E-state index in [0.29, 0.717) is 26.3 Å². The van der Waals surface area contributed by atoms with E-state index in [1.165, 1.54) is 59.5 Å². The molecule has 0 bridgehead atoms. The summed E-state index contributed by atoms with van der Waals surface area (Å²) in [6.45, 7) is 2.58. The monoisotopic (exact) mass is 409 g/mol. The van der Waals surface area contributed by atoms with Crippen molar-refractivity contribution in [3.05, 3.63) is 71.3 Å². The van der Waals surface area contributed by atoms with Crippen molar-refractivity contribution in [3.63, 3.8) is 0 Å². The van der Waals surface area contributed by atoms with E-state index in [-0.39, 0.29) is 11.1 Å². The van der Waals surface area contributed by atoms with Crippen LogP contribution in [0.2, 0.25) is 0 Å². The van der Waals surface area contributed by atoms with Gasteiger partial charge in [0.1, 0.15) is 16.9 Å². The number of hydrogen-bond acceptors (Lipinski definition) is 6. The second kappa shape index (κ2) is 9.45. The van der Waals surface area contributed by atoms with Crippen LogP contribution in [0.4, 0.5) is 8.78 Å². The Labute approximate surface area is 163 Å². The SMILES string of the molecule is O=C(c1ccc(F)cc1)C(SSN1CCOCC1)C(=O)c1ccc(F)cc1. The molecule has 1 fully saturated rings. The first-order valence-corrected chi connectivity index (χ1v) is 10.5. The lowest BCUT2D eigenvalue weighted by Gasteiger charge is -2.26. The number of ether oxygens (including phenoxy) is 1. The van der Waals surface area contributed by atoms with Crippen LogP contribution < -0.4 is 0 Å². The first kappa shape index (κ1) is 20.0. The highest BCUT2D eigenvalue weighted by atomic mass is 33.1. The Morgan fingerprint density at radius 1 is 0.852 bits per heavy atom. The Hall–Kier alpha value is -1.74. The molecule has 0 aromatic heterocycles. The van der Waals surface area contributed by atoms with E-state index >= 15 is 0 Å². The molecule has 1 heterocycles. The van der Waals surface area contributed by atoms with Crippen LogP contribution >= 0.6 is 21.8 Å². The van der Waals surface area contributed by atoms with Gasteiger partial charge >= 0.3 is 0 Å². The lowest BCUT2D eigenvalue weighted by Crippen LogP contribution is -2.32. The average Bonchev–Trinajstić information content (AvgIpc) is 2.69. The lowest BCUT2D eigenvalue weighted by molar-refractivity contribution is 0.0779. The highest BCUT2D eigenvalue weighted by Crippen LogP contribution is 2.34. The molecule has 27 heavy (non-hydrogen) atoms. The molecule has 0 unspecified atom stereocenters. The number of hydrogen-bond donors (Lipinski definition) is 0. The van der Waals surface area contributed by atoms with Gasteiger partial charge in [0.05, 0.1) is 13.2 Å². The Balaban J connectivity index is 1.80. The van der Waals surface area contributed by atoms with Gasteiger partial charge in [-0.3, -0.25) is 9.59 Å². The zero-order chi connectivity index (χ0) is 19.2. The van der Waals surface area contributed by atoms with Crippen molar-refractivity contribution in [1.82, 2.24) is 4.31 Å². The number of halogens is 2. The third-order valence-electron chi connectivity index (χ3n) is 3.95. The van der Waals surface area contributed by atoms with E-state index in [4.69, 9.17) is 4.74 Å². The molecule has 1 saturated heterocycles. The maximum absolute atomic E-state index is 13.2. The summed E-state index contributed by atoms with van der Waals surface area (Å²) in [6.07, 6.45) is 0. The third kappa shape index (κ3) is 5.38. The molecule has 1 aliphatic heterocycles. The molecular weight excluding hydrogens is 392 g/mol. The van der Waals surface area contributed by atoms with Crippen LogP contribution in [-0.2, 0) is 4.74 Å². The summed E-state index contributed by atoms with van der Waals surface area (Å²) < 4.78 is 33.6. The van der Waals surface area contributed by atoms with E-state index < -0.39 is 28.5 Å². The van der Waals surface area contributed by atoms with Crippen molar-refractivity contribution in [3.8, 4) is 0 Å². The van der Waals surface area contributed by atoms with E-state index in [1.807, 2.05) is 4.31 Å². The maximum atomic E-state index is 13.2. The van der Waals surface area contributed by atoms with E-state index in [9.17, 15) is 18.4 Å². The Bertz CT molecular complexity index is 736. The van der Waals surface area contributed by atoms with Crippen molar-refractivity contribution < 1.29 is 23.1 Å². The molecule has 142 valence electrons. The topological polar surface area (TPSA) is 46.6 Å². The number of Topliss-reactive ketones (excluding diaryl/α,β-unsaturated/α-hetero) is 2. The number of carbonyl (C=O) groups is 2. The fraction of sp³-hybridized carbons (Fsp3) is 0.263. The third-order valence-corrected chi connectivity index (χ3v) is 6.70. The van der Waals surface area contributed by atoms with Crippen LogP contribution in [0.25, 0.3) is 0 Å². The van der Waals surface area contributed by atoms with Gasteiger partial charge in [0.2, 0.25) is 0 Å². The van der Waals surface area contributed by atoms with Gasteiger partial charge in [-0.15, -0.1) is 0 Å². The summed E-state index contributed by atoms with van der Waals surface area (Å²) >= 11 is 0. The highest BCUT2D eigenvalue weighted by Gasteiger charge is 2.31. The van der Waals surface area contributed by atoms with E-state index in [2.05, 4.69) is 0 Å². The normalized spacial score (nSPS) is 15.1. The summed E-state index contributed by atoms with van der Waals surface area (Å²) in [5.41, 5.74) is 0.513. The van der Waals surface area contributed by atoms with Crippen LogP contribution in [0.5, 0.6) is 0 Å². The minimum atomic E-state index is -1.02. The van der Waals surface area contributed by atoms with Crippen molar-refractivity contribution in [1.29, 1.82) is 0 Å². The number of nitrogens with zero attached hydrogens (tertiary/aromatic N) is 1. The van der Waals surface area contributed by atoms with Crippen LogP contribution in [0, 0.1) is 11.6 Å². The molecule has 0 saturated carbocycles. The van der Waals surface area contributed by atoms with Crippen LogP contribution in [0.3, 0.4) is 0 Å². The average molecular weight is 409 g/mol. The van der Waals surface area contributed by atoms with Gasteiger partial charge in [-0.2, -0.15) is 0 Å². The molecule has 0 N–H and O–H groups in total. The summed E-state index contributed by atoms with van der Waals surface area (Å²) in [7, 11) is 2.48. The molecule has 0 aliphatic carbocycles. The quantitative estimate of drug-likeness (QED) is 0.298. The number of morpholine rings is 1. The molecule has 0 amide bonds. The first-order chi connectivity index (χ1) is 13.0. The molecule has 0 spiro atoms. The largest absolute Gasteiger partial charge is 0.379 e. The van der Waals surface area contributed by atoms with Crippen molar-refractivity contribution in [2.45, 2.75) is 5.25 Å². The highest BCUT2D eigenvalue weighted by molar-refractivity contribution is 8.76.